The Kier molecular flexibility index (Phi) is 6.34. The van der Waals surface area contributed by atoms with Crippen LogP contribution in [0.3, 0.4) is 0 Å². The molecule has 2 saturated heterocycles. The van der Waals surface area contributed by atoms with Crippen molar-refractivity contribution in [1.29, 1.82) is 0 Å². The van der Waals surface area contributed by atoms with Crippen molar-refractivity contribution < 1.29 is 28.6 Å². The van der Waals surface area contributed by atoms with Crippen molar-refractivity contribution >= 4 is 0 Å². The predicted molar refractivity (Wildman–Crippen MR) is 119 cm³/mol. The number of hydrogen-bond acceptors (Lipinski definition) is 7. The summed E-state index contributed by atoms with van der Waals surface area (Å²) >= 11 is 0. The number of rotatable bonds is 8. The molecule has 0 radical (unpaired) electrons. The van der Waals surface area contributed by atoms with Crippen LogP contribution in [0.2, 0.25) is 0 Å². The van der Waals surface area contributed by atoms with Gasteiger partial charge in [0.05, 0.1) is 12.9 Å². The van der Waals surface area contributed by atoms with E-state index >= 15 is 0 Å². The Balaban J connectivity index is 1.43. The van der Waals surface area contributed by atoms with Gasteiger partial charge in [-0.1, -0.05) is 60.7 Å². The Morgan fingerprint density at radius 2 is 1.64 bits per heavy atom. The van der Waals surface area contributed by atoms with E-state index in [9.17, 15) is 5.21 Å². The minimum absolute atomic E-state index is 0.292. The molecule has 2 fully saturated rings. The number of nitrogens with zero attached hydrogens (tertiary/aromatic N) is 1. The fourth-order valence-corrected chi connectivity index (χ4v) is 4.52. The number of ether oxygens (including phenoxy) is 4. The van der Waals surface area contributed by atoms with Crippen molar-refractivity contribution in [3.05, 3.63) is 95.9 Å². The van der Waals surface area contributed by atoms with Crippen molar-refractivity contribution in [3.8, 4) is 0 Å². The predicted octanol–water partition coefficient (Wildman–Crippen LogP) is 4.67. The monoisotopic (exact) mass is 451 g/mol. The number of hydrogen-bond donors (Lipinski definition) is 1. The Labute approximate surface area is 193 Å². The second-order valence-electron chi connectivity index (χ2n) is 8.87. The van der Waals surface area contributed by atoms with Crippen molar-refractivity contribution in [2.45, 2.75) is 63.4 Å². The highest BCUT2D eigenvalue weighted by Gasteiger charge is 2.58. The average Bonchev–Trinajstić information content (AvgIpc) is 3.50. The summed E-state index contributed by atoms with van der Waals surface area (Å²) in [7, 11) is 0. The summed E-state index contributed by atoms with van der Waals surface area (Å²) in [6, 6.07) is 22.7. The average molecular weight is 452 g/mol. The largest absolute Gasteiger partial charge is 0.467 e. The van der Waals surface area contributed by atoms with E-state index in [1.54, 1.807) is 12.3 Å². The quantitative estimate of drug-likeness (QED) is 0.499. The second-order valence-corrected chi connectivity index (χ2v) is 8.87. The van der Waals surface area contributed by atoms with Crippen LogP contribution in [0.1, 0.15) is 36.8 Å². The van der Waals surface area contributed by atoms with Gasteiger partial charge in [0.2, 0.25) is 0 Å². The Morgan fingerprint density at radius 3 is 2.30 bits per heavy atom. The molecule has 33 heavy (non-hydrogen) atoms. The smallest absolute Gasteiger partial charge is 0.190 e. The first-order chi connectivity index (χ1) is 16.0. The van der Waals surface area contributed by atoms with Crippen LogP contribution in [0.15, 0.2) is 83.5 Å². The number of hydroxylamine groups is 2. The van der Waals surface area contributed by atoms with Crippen LogP contribution < -0.4 is 0 Å². The molecule has 2 aliphatic heterocycles. The third-order valence-electron chi connectivity index (χ3n) is 5.97. The molecule has 0 bridgehead atoms. The standard InChI is InChI=1S/C26H29NO6/c1-26(2)32-24-23(30-17-19-12-7-4-8-13-19)22(31-25(24)33-26)21(20-14-9-15-29-20)27(28)16-18-10-5-3-6-11-18/h3-15,21-25,28H,16-17H2,1-2H3/t21-,22+,23-,24+,25+/m0/s1. The van der Waals surface area contributed by atoms with Gasteiger partial charge in [-0.2, -0.15) is 5.06 Å². The van der Waals surface area contributed by atoms with Crippen molar-refractivity contribution in [2.24, 2.45) is 0 Å². The van der Waals surface area contributed by atoms with Crippen molar-refractivity contribution in [1.82, 2.24) is 5.06 Å². The normalized spacial score (nSPS) is 27.0. The molecule has 174 valence electrons. The molecule has 0 saturated carbocycles. The lowest BCUT2D eigenvalue weighted by atomic mass is 10.00. The first-order valence-electron chi connectivity index (χ1n) is 11.2. The molecule has 1 aromatic heterocycles. The van der Waals surface area contributed by atoms with E-state index in [0.29, 0.717) is 18.9 Å². The molecule has 2 aromatic carbocycles. The van der Waals surface area contributed by atoms with Gasteiger partial charge in [-0.3, -0.25) is 0 Å². The van der Waals surface area contributed by atoms with Gasteiger partial charge in [0.1, 0.15) is 30.1 Å². The second kappa shape index (κ2) is 9.38. The van der Waals surface area contributed by atoms with Gasteiger partial charge in [-0.15, -0.1) is 0 Å². The lowest BCUT2D eigenvalue weighted by Crippen LogP contribution is -2.44. The highest BCUT2D eigenvalue weighted by Crippen LogP contribution is 2.44. The maximum Gasteiger partial charge on any atom is 0.190 e. The SMILES string of the molecule is CC1(C)O[C@H]2O[C@H]([C@H](c3ccco3)N(O)Cc3ccccc3)[C@H](OCc3ccccc3)[C@H]2O1. The Morgan fingerprint density at radius 1 is 0.939 bits per heavy atom. The number of furan rings is 1. The van der Waals surface area contributed by atoms with Crippen molar-refractivity contribution in [2.75, 3.05) is 0 Å². The van der Waals surface area contributed by atoms with E-state index in [-0.39, 0.29) is 0 Å². The molecule has 0 unspecified atom stereocenters. The summed E-state index contributed by atoms with van der Waals surface area (Å²) in [4.78, 5) is 0. The molecule has 5 rings (SSSR count). The van der Waals surface area contributed by atoms with E-state index in [1.807, 2.05) is 80.6 Å². The minimum Gasteiger partial charge on any atom is -0.467 e. The number of fused-ring (bicyclic) bond motifs is 1. The Bertz CT molecular complexity index is 1010. The maximum atomic E-state index is 11.2. The third kappa shape index (κ3) is 4.89. The molecular formula is C26H29NO6. The zero-order chi connectivity index (χ0) is 22.8. The summed E-state index contributed by atoms with van der Waals surface area (Å²) in [5.41, 5.74) is 2.00. The van der Waals surface area contributed by atoms with E-state index in [2.05, 4.69) is 0 Å². The van der Waals surface area contributed by atoms with Crippen LogP contribution >= 0.6 is 0 Å². The molecule has 0 spiro atoms. The maximum absolute atomic E-state index is 11.2. The molecule has 5 atom stereocenters. The Hall–Kier alpha value is -2.52. The summed E-state index contributed by atoms with van der Waals surface area (Å²) in [5.74, 6) is -0.205. The van der Waals surface area contributed by atoms with Crippen LogP contribution in [-0.2, 0) is 32.1 Å². The van der Waals surface area contributed by atoms with Crippen LogP contribution in [-0.4, -0.2) is 40.7 Å². The molecule has 0 aliphatic carbocycles. The highest BCUT2D eigenvalue weighted by atomic mass is 16.8. The lowest BCUT2D eigenvalue weighted by molar-refractivity contribution is -0.248. The minimum atomic E-state index is -0.780. The fourth-order valence-electron chi connectivity index (χ4n) is 4.52. The topological polar surface area (TPSA) is 73.5 Å². The molecule has 3 heterocycles. The van der Waals surface area contributed by atoms with Gasteiger partial charge >= 0.3 is 0 Å². The number of benzene rings is 2. The van der Waals surface area contributed by atoms with E-state index in [4.69, 9.17) is 23.4 Å². The lowest BCUT2D eigenvalue weighted by Gasteiger charge is -2.34. The van der Waals surface area contributed by atoms with Crippen LogP contribution in [0, 0.1) is 0 Å². The first-order valence-corrected chi connectivity index (χ1v) is 11.2. The van der Waals surface area contributed by atoms with Crippen LogP contribution in [0.5, 0.6) is 0 Å². The molecule has 2 aliphatic rings. The van der Waals surface area contributed by atoms with Crippen molar-refractivity contribution in [3.63, 3.8) is 0 Å². The molecule has 1 N–H and O–H groups in total. The summed E-state index contributed by atoms with van der Waals surface area (Å²) in [6.07, 6.45) is -0.522. The zero-order valence-corrected chi connectivity index (χ0v) is 18.7. The molecular weight excluding hydrogens is 422 g/mol. The van der Waals surface area contributed by atoms with Crippen LogP contribution in [0.4, 0.5) is 0 Å². The fraction of sp³-hybridized carbons (Fsp3) is 0.385. The summed E-state index contributed by atoms with van der Waals surface area (Å²) in [6.45, 7) is 4.39. The summed E-state index contributed by atoms with van der Waals surface area (Å²) in [5, 5.41) is 12.5. The van der Waals surface area contributed by atoms with Gasteiger partial charge in [0.15, 0.2) is 12.1 Å². The zero-order valence-electron chi connectivity index (χ0n) is 18.7. The molecule has 7 heteroatoms. The highest BCUT2D eigenvalue weighted by molar-refractivity contribution is 5.17. The first kappa shape index (κ1) is 22.3. The third-order valence-corrected chi connectivity index (χ3v) is 5.97. The van der Waals surface area contributed by atoms with Gasteiger partial charge < -0.3 is 28.6 Å². The van der Waals surface area contributed by atoms with E-state index in [1.165, 1.54) is 5.06 Å². The van der Waals surface area contributed by atoms with E-state index in [0.717, 1.165) is 11.1 Å². The van der Waals surface area contributed by atoms with E-state index < -0.39 is 36.4 Å². The summed E-state index contributed by atoms with van der Waals surface area (Å²) < 4.78 is 30.6. The van der Waals surface area contributed by atoms with Crippen LogP contribution in [0.25, 0.3) is 0 Å². The van der Waals surface area contributed by atoms with Gasteiger partial charge in [0.25, 0.3) is 0 Å². The van der Waals surface area contributed by atoms with Gasteiger partial charge in [0, 0.05) is 6.54 Å². The molecule has 7 nitrogen and oxygen atoms in total. The molecule has 3 aromatic rings. The van der Waals surface area contributed by atoms with Gasteiger partial charge in [-0.05, 0) is 37.1 Å². The van der Waals surface area contributed by atoms with Gasteiger partial charge in [-0.25, -0.2) is 0 Å². The molecule has 0 amide bonds.